The van der Waals surface area contributed by atoms with Crippen molar-refractivity contribution in [2.75, 3.05) is 17.1 Å². The molecule has 2 atom stereocenters. The number of rotatable bonds is 14. The molecule has 0 saturated heterocycles. The van der Waals surface area contributed by atoms with Crippen molar-refractivity contribution in [2.45, 2.75) is 72.0 Å². The zero-order valence-corrected chi connectivity index (χ0v) is 26.7. The highest BCUT2D eigenvalue weighted by molar-refractivity contribution is 7.92. The Morgan fingerprint density at radius 3 is 2.21 bits per heavy atom. The lowest BCUT2D eigenvalue weighted by atomic mass is 10.0. The number of nitrogens with zero attached hydrogens (tertiary/aromatic N) is 2. The van der Waals surface area contributed by atoms with Gasteiger partial charge in [-0.2, -0.15) is 0 Å². The number of nitrogens with one attached hydrogen (secondary N) is 1. The predicted octanol–water partition coefficient (Wildman–Crippen LogP) is 6.06. The maximum Gasteiger partial charge on any atom is 0.243 e. The van der Waals surface area contributed by atoms with Crippen molar-refractivity contribution in [3.63, 3.8) is 0 Å². The topological polar surface area (TPSA) is 86.8 Å². The fraction of sp³-hybridized carbons (Fsp3) is 0.394. The third-order valence-electron chi connectivity index (χ3n) is 7.41. The SMILES string of the molecule is CC[C@@H](C)NC(=O)[C@@H](Cc1ccccc1)N(Cc1ccc(C)cc1)C(=O)CCCN(c1cccc(Cl)c1C)S(C)(=O)=O. The molecule has 1 N–H and O–H groups in total. The maximum atomic E-state index is 14.0. The third kappa shape index (κ3) is 9.33. The summed E-state index contributed by atoms with van der Waals surface area (Å²) in [7, 11) is -3.63. The van der Waals surface area contributed by atoms with E-state index in [0.29, 0.717) is 22.7 Å². The van der Waals surface area contributed by atoms with Crippen LogP contribution >= 0.6 is 11.6 Å². The number of benzene rings is 3. The summed E-state index contributed by atoms with van der Waals surface area (Å²) in [4.78, 5) is 29.3. The number of sulfonamides is 1. The van der Waals surface area contributed by atoms with Gasteiger partial charge in [-0.25, -0.2) is 8.42 Å². The van der Waals surface area contributed by atoms with Crippen LogP contribution in [0.3, 0.4) is 0 Å². The number of anilines is 1. The summed E-state index contributed by atoms with van der Waals surface area (Å²) in [5, 5.41) is 3.54. The van der Waals surface area contributed by atoms with Crippen molar-refractivity contribution >= 4 is 39.1 Å². The number of hydrogen-bond donors (Lipinski definition) is 1. The van der Waals surface area contributed by atoms with Crippen LogP contribution in [0.4, 0.5) is 5.69 Å². The second kappa shape index (κ2) is 15.2. The van der Waals surface area contributed by atoms with Gasteiger partial charge in [0.05, 0.1) is 11.9 Å². The molecule has 0 aromatic heterocycles. The Labute approximate surface area is 255 Å². The minimum absolute atomic E-state index is 0.0450. The Balaban J connectivity index is 1.90. The van der Waals surface area contributed by atoms with E-state index in [1.807, 2.05) is 75.4 Å². The molecule has 0 aliphatic rings. The first-order chi connectivity index (χ1) is 19.9. The number of halogens is 1. The van der Waals surface area contributed by atoms with Crippen LogP contribution in [0.5, 0.6) is 0 Å². The Morgan fingerprint density at radius 2 is 1.60 bits per heavy atom. The molecular formula is C33H42ClN3O4S. The van der Waals surface area contributed by atoms with Gasteiger partial charge in [-0.1, -0.05) is 84.8 Å². The third-order valence-corrected chi connectivity index (χ3v) is 9.00. The lowest BCUT2D eigenvalue weighted by Crippen LogP contribution is -2.52. The van der Waals surface area contributed by atoms with Crippen LogP contribution in [0.2, 0.25) is 5.02 Å². The molecule has 0 unspecified atom stereocenters. The molecule has 9 heteroatoms. The Hall–Kier alpha value is -3.36. The predicted molar refractivity (Wildman–Crippen MR) is 171 cm³/mol. The summed E-state index contributed by atoms with van der Waals surface area (Å²) in [6.45, 7) is 8.08. The van der Waals surface area contributed by atoms with E-state index in [-0.39, 0.29) is 43.8 Å². The van der Waals surface area contributed by atoms with Crippen LogP contribution in [-0.4, -0.2) is 50.0 Å². The van der Waals surface area contributed by atoms with Crippen LogP contribution in [0, 0.1) is 13.8 Å². The van der Waals surface area contributed by atoms with Crippen molar-refractivity contribution in [1.82, 2.24) is 10.2 Å². The molecule has 0 saturated carbocycles. The molecular weight excluding hydrogens is 570 g/mol. The molecule has 0 aliphatic heterocycles. The summed E-state index contributed by atoms with van der Waals surface area (Å²) < 4.78 is 26.8. The molecule has 0 heterocycles. The van der Waals surface area contributed by atoms with Crippen LogP contribution in [0.1, 0.15) is 55.4 Å². The van der Waals surface area contributed by atoms with Crippen molar-refractivity contribution in [3.05, 3.63) is 100 Å². The Kier molecular flexibility index (Phi) is 12.0. The van der Waals surface area contributed by atoms with E-state index in [4.69, 9.17) is 11.6 Å². The highest BCUT2D eigenvalue weighted by atomic mass is 35.5. The van der Waals surface area contributed by atoms with E-state index < -0.39 is 16.1 Å². The van der Waals surface area contributed by atoms with Gasteiger partial charge in [0.25, 0.3) is 0 Å². The average Bonchev–Trinajstić information content (AvgIpc) is 2.95. The van der Waals surface area contributed by atoms with E-state index in [1.54, 1.807) is 30.0 Å². The summed E-state index contributed by atoms with van der Waals surface area (Å²) >= 11 is 6.28. The summed E-state index contributed by atoms with van der Waals surface area (Å²) in [6, 6.07) is 21.9. The zero-order chi connectivity index (χ0) is 30.9. The molecule has 3 rings (SSSR count). The van der Waals surface area contributed by atoms with Gasteiger partial charge in [0.15, 0.2) is 0 Å². The second-order valence-electron chi connectivity index (χ2n) is 10.9. The van der Waals surface area contributed by atoms with Gasteiger partial charge >= 0.3 is 0 Å². The normalized spacial score (nSPS) is 12.8. The van der Waals surface area contributed by atoms with Crippen LogP contribution in [0.15, 0.2) is 72.8 Å². The molecule has 226 valence electrons. The molecule has 7 nitrogen and oxygen atoms in total. The number of amides is 2. The van der Waals surface area contributed by atoms with E-state index >= 15 is 0 Å². The van der Waals surface area contributed by atoms with Crippen molar-refractivity contribution in [2.24, 2.45) is 0 Å². The summed E-state index contributed by atoms with van der Waals surface area (Å²) in [5.41, 5.74) is 4.11. The van der Waals surface area contributed by atoms with Gasteiger partial charge in [0, 0.05) is 37.0 Å². The maximum absolute atomic E-state index is 14.0. The van der Waals surface area contributed by atoms with Gasteiger partial charge in [-0.05, 0) is 62.4 Å². The fourth-order valence-electron chi connectivity index (χ4n) is 4.73. The smallest absolute Gasteiger partial charge is 0.243 e. The van der Waals surface area contributed by atoms with Gasteiger partial charge in [0.1, 0.15) is 6.04 Å². The molecule has 42 heavy (non-hydrogen) atoms. The second-order valence-corrected chi connectivity index (χ2v) is 13.2. The minimum atomic E-state index is -3.63. The highest BCUT2D eigenvalue weighted by Crippen LogP contribution is 2.28. The standard InChI is InChI=1S/C33H42ClN3O4S/c1-6-25(3)35-33(39)31(22-27-12-8-7-9-13-27)36(23-28-19-17-24(2)18-20-28)32(38)16-11-21-37(42(5,40)41)30-15-10-14-29(34)26(30)4/h7-10,12-15,17-20,25,31H,6,11,16,21-23H2,1-5H3,(H,35,39)/t25-,31-/m1/s1. The molecule has 0 aliphatic carbocycles. The van der Waals surface area contributed by atoms with Crippen molar-refractivity contribution in [1.29, 1.82) is 0 Å². The first kappa shape index (κ1) is 33.1. The van der Waals surface area contributed by atoms with Crippen molar-refractivity contribution in [3.8, 4) is 0 Å². The van der Waals surface area contributed by atoms with Gasteiger partial charge in [-0.3, -0.25) is 13.9 Å². The van der Waals surface area contributed by atoms with Crippen LogP contribution < -0.4 is 9.62 Å². The van der Waals surface area contributed by atoms with Crippen LogP contribution in [-0.2, 0) is 32.6 Å². The quantitative estimate of drug-likeness (QED) is 0.240. The van der Waals surface area contributed by atoms with Crippen LogP contribution in [0.25, 0.3) is 0 Å². The molecule has 0 spiro atoms. The summed E-state index contributed by atoms with van der Waals surface area (Å²) in [5.74, 6) is -0.423. The summed E-state index contributed by atoms with van der Waals surface area (Å²) in [6.07, 6.45) is 2.61. The highest BCUT2D eigenvalue weighted by Gasteiger charge is 2.31. The Morgan fingerprint density at radius 1 is 0.929 bits per heavy atom. The monoisotopic (exact) mass is 611 g/mol. The van der Waals surface area contributed by atoms with E-state index in [2.05, 4.69) is 5.32 Å². The first-order valence-corrected chi connectivity index (χ1v) is 16.6. The molecule has 0 fully saturated rings. The first-order valence-electron chi connectivity index (χ1n) is 14.3. The fourth-order valence-corrected chi connectivity index (χ4v) is 5.92. The van der Waals surface area contributed by atoms with Gasteiger partial charge < -0.3 is 10.2 Å². The van der Waals surface area contributed by atoms with Gasteiger partial charge in [-0.15, -0.1) is 0 Å². The van der Waals surface area contributed by atoms with Crippen molar-refractivity contribution < 1.29 is 18.0 Å². The average molecular weight is 612 g/mol. The number of hydrogen-bond acceptors (Lipinski definition) is 4. The Bertz CT molecular complexity index is 1450. The molecule has 2 amide bonds. The van der Waals surface area contributed by atoms with Gasteiger partial charge in [0.2, 0.25) is 21.8 Å². The lowest BCUT2D eigenvalue weighted by molar-refractivity contribution is -0.141. The molecule has 3 aromatic carbocycles. The number of aryl methyl sites for hydroxylation is 1. The molecule has 0 radical (unpaired) electrons. The number of carbonyl (C=O) groups is 2. The minimum Gasteiger partial charge on any atom is -0.352 e. The largest absolute Gasteiger partial charge is 0.352 e. The molecule has 0 bridgehead atoms. The zero-order valence-electron chi connectivity index (χ0n) is 25.1. The van der Waals surface area contributed by atoms with E-state index in [9.17, 15) is 18.0 Å². The van der Waals surface area contributed by atoms with E-state index in [0.717, 1.165) is 29.4 Å². The number of carbonyl (C=O) groups excluding carboxylic acids is 2. The molecule has 3 aromatic rings. The lowest BCUT2D eigenvalue weighted by Gasteiger charge is -2.33. The van der Waals surface area contributed by atoms with E-state index in [1.165, 1.54) is 4.31 Å².